The van der Waals surface area contributed by atoms with Gasteiger partial charge in [-0.1, -0.05) is 39.8 Å². The average molecular weight is 299 g/mol. The molecule has 0 bridgehead atoms. The average Bonchev–Trinajstić information content (AvgIpc) is 2.49. The molecular formula is C17H24F3N. The van der Waals surface area contributed by atoms with E-state index in [2.05, 4.69) is 4.98 Å². The van der Waals surface area contributed by atoms with Crippen molar-refractivity contribution in [3.8, 4) is 0 Å². The molecule has 1 heterocycles. The van der Waals surface area contributed by atoms with Gasteiger partial charge in [0.15, 0.2) is 11.6 Å². The van der Waals surface area contributed by atoms with Crippen LogP contribution in [0.25, 0.3) is 0 Å². The second-order valence-electron chi connectivity index (χ2n) is 3.55. The minimum absolute atomic E-state index is 0.273. The van der Waals surface area contributed by atoms with Gasteiger partial charge in [0.2, 0.25) is 0 Å². The lowest BCUT2D eigenvalue weighted by atomic mass is 10.2. The Bertz CT molecular complexity index is 462. The van der Waals surface area contributed by atoms with Crippen LogP contribution in [-0.4, -0.2) is 4.98 Å². The van der Waals surface area contributed by atoms with Crippen molar-refractivity contribution < 1.29 is 13.2 Å². The summed E-state index contributed by atoms with van der Waals surface area (Å²) in [5.74, 6) is -1.81. The SMILES string of the molecule is CC.CC.Cc1cccc(F)c1F.Cc1cncc(F)c1. The lowest BCUT2D eigenvalue weighted by Gasteiger charge is -1.93. The quantitative estimate of drug-likeness (QED) is 0.594. The number of hydrogen-bond donors (Lipinski definition) is 0. The molecule has 118 valence electrons. The molecule has 0 saturated heterocycles. The van der Waals surface area contributed by atoms with Crippen molar-refractivity contribution in [1.29, 1.82) is 0 Å². The van der Waals surface area contributed by atoms with E-state index < -0.39 is 11.6 Å². The fourth-order valence-corrected chi connectivity index (χ4v) is 1.13. The highest BCUT2D eigenvalue weighted by Gasteiger charge is 2.00. The summed E-state index contributed by atoms with van der Waals surface area (Å²) in [5.41, 5.74) is 1.19. The van der Waals surface area contributed by atoms with Crippen LogP contribution in [0.15, 0.2) is 36.7 Å². The van der Waals surface area contributed by atoms with Crippen LogP contribution in [0, 0.1) is 31.3 Å². The fourth-order valence-electron chi connectivity index (χ4n) is 1.13. The van der Waals surface area contributed by atoms with Gasteiger partial charge in [0.25, 0.3) is 0 Å². The maximum atomic E-state index is 12.4. The summed E-state index contributed by atoms with van der Waals surface area (Å²) >= 11 is 0. The van der Waals surface area contributed by atoms with Crippen molar-refractivity contribution in [3.05, 3.63) is 65.2 Å². The van der Waals surface area contributed by atoms with Gasteiger partial charge >= 0.3 is 0 Å². The molecule has 0 fully saturated rings. The summed E-state index contributed by atoms with van der Waals surface area (Å²) in [6.45, 7) is 11.3. The summed E-state index contributed by atoms with van der Waals surface area (Å²) < 4.78 is 36.7. The third-order valence-corrected chi connectivity index (χ3v) is 1.99. The number of hydrogen-bond acceptors (Lipinski definition) is 1. The first-order valence-corrected chi connectivity index (χ1v) is 6.98. The maximum Gasteiger partial charge on any atom is 0.161 e. The van der Waals surface area contributed by atoms with E-state index in [4.69, 9.17) is 0 Å². The first kappa shape index (κ1) is 21.5. The highest BCUT2D eigenvalue weighted by atomic mass is 19.2. The fraction of sp³-hybridized carbons (Fsp3) is 0.353. The molecule has 1 aromatic heterocycles. The number of aryl methyl sites for hydroxylation is 2. The molecule has 0 saturated carbocycles. The van der Waals surface area contributed by atoms with Gasteiger partial charge in [-0.3, -0.25) is 4.98 Å². The Kier molecular flexibility index (Phi) is 13.4. The van der Waals surface area contributed by atoms with Crippen LogP contribution in [0.2, 0.25) is 0 Å². The van der Waals surface area contributed by atoms with Crippen LogP contribution in [0.1, 0.15) is 38.8 Å². The zero-order valence-corrected chi connectivity index (χ0v) is 13.5. The first-order chi connectivity index (χ1) is 10.0. The summed E-state index contributed by atoms with van der Waals surface area (Å²) in [6, 6.07) is 5.54. The molecule has 0 spiro atoms. The molecule has 1 nitrogen and oxygen atoms in total. The molecule has 2 rings (SSSR count). The third-order valence-electron chi connectivity index (χ3n) is 1.99. The molecule has 1 aromatic carbocycles. The van der Waals surface area contributed by atoms with Crippen LogP contribution >= 0.6 is 0 Å². The van der Waals surface area contributed by atoms with E-state index in [-0.39, 0.29) is 5.82 Å². The largest absolute Gasteiger partial charge is 0.261 e. The lowest BCUT2D eigenvalue weighted by molar-refractivity contribution is 0.503. The number of nitrogens with zero attached hydrogens (tertiary/aromatic N) is 1. The Balaban J connectivity index is 0. The topological polar surface area (TPSA) is 12.9 Å². The van der Waals surface area contributed by atoms with Crippen molar-refractivity contribution in [2.75, 3.05) is 0 Å². The second-order valence-corrected chi connectivity index (χ2v) is 3.55. The predicted octanol–water partition coefficient (Wildman–Crippen LogP) is 5.85. The van der Waals surface area contributed by atoms with Crippen molar-refractivity contribution in [2.24, 2.45) is 0 Å². The van der Waals surface area contributed by atoms with Crippen LogP contribution in [0.4, 0.5) is 13.2 Å². The van der Waals surface area contributed by atoms with E-state index in [0.717, 1.165) is 11.6 Å². The Labute approximate surface area is 125 Å². The minimum Gasteiger partial charge on any atom is -0.261 e. The van der Waals surface area contributed by atoms with Gasteiger partial charge in [-0.15, -0.1) is 0 Å². The maximum absolute atomic E-state index is 12.4. The smallest absolute Gasteiger partial charge is 0.161 e. The Morgan fingerprint density at radius 3 is 1.76 bits per heavy atom. The monoisotopic (exact) mass is 299 g/mol. The van der Waals surface area contributed by atoms with Gasteiger partial charge in [-0.25, -0.2) is 13.2 Å². The van der Waals surface area contributed by atoms with Gasteiger partial charge in [-0.2, -0.15) is 0 Å². The van der Waals surface area contributed by atoms with Crippen molar-refractivity contribution in [3.63, 3.8) is 0 Å². The Hall–Kier alpha value is -1.84. The molecule has 4 heteroatoms. The third kappa shape index (κ3) is 9.66. The zero-order chi connectivity index (χ0) is 16.8. The molecule has 0 N–H and O–H groups in total. The highest BCUT2D eigenvalue weighted by Crippen LogP contribution is 2.08. The van der Waals surface area contributed by atoms with Gasteiger partial charge in [0.05, 0.1) is 6.20 Å². The van der Waals surface area contributed by atoms with Crippen LogP contribution in [0.3, 0.4) is 0 Å². The standard InChI is InChI=1S/C7H6F2.C6H6FN.2C2H6/c1-5-3-2-4-6(8)7(5)9;1-5-2-6(7)4-8-3-5;2*1-2/h2-4H,1H3;2-4H,1H3;2*1-2H3. The zero-order valence-electron chi connectivity index (χ0n) is 13.5. The summed E-state index contributed by atoms with van der Waals surface area (Å²) in [4.78, 5) is 3.61. The van der Waals surface area contributed by atoms with E-state index in [9.17, 15) is 13.2 Å². The van der Waals surface area contributed by atoms with Crippen LogP contribution < -0.4 is 0 Å². The normalized spacial score (nSPS) is 8.24. The first-order valence-electron chi connectivity index (χ1n) is 6.98. The Morgan fingerprint density at radius 1 is 0.857 bits per heavy atom. The number of halogens is 3. The lowest BCUT2D eigenvalue weighted by Crippen LogP contribution is -1.85. The minimum atomic E-state index is -0.782. The number of benzene rings is 1. The summed E-state index contributed by atoms with van der Waals surface area (Å²) in [5, 5.41) is 0. The van der Waals surface area contributed by atoms with Gasteiger partial charge < -0.3 is 0 Å². The van der Waals surface area contributed by atoms with E-state index in [1.165, 1.54) is 31.3 Å². The molecule has 0 atom stereocenters. The Morgan fingerprint density at radius 2 is 1.43 bits per heavy atom. The van der Waals surface area contributed by atoms with Crippen molar-refractivity contribution in [1.82, 2.24) is 4.98 Å². The second kappa shape index (κ2) is 13.2. The van der Waals surface area contributed by atoms with Gasteiger partial charge in [-0.05, 0) is 37.1 Å². The summed E-state index contributed by atoms with van der Waals surface area (Å²) in [7, 11) is 0. The molecule has 21 heavy (non-hydrogen) atoms. The van der Waals surface area contributed by atoms with Crippen LogP contribution in [-0.2, 0) is 0 Å². The molecule has 0 unspecified atom stereocenters. The van der Waals surface area contributed by atoms with Crippen LogP contribution in [0.5, 0.6) is 0 Å². The molecular weight excluding hydrogens is 275 g/mol. The van der Waals surface area contributed by atoms with E-state index in [0.29, 0.717) is 5.56 Å². The molecule has 0 aliphatic carbocycles. The molecule has 0 amide bonds. The molecule has 0 radical (unpaired) electrons. The molecule has 0 aliphatic rings. The number of pyridine rings is 1. The molecule has 2 aromatic rings. The highest BCUT2D eigenvalue weighted by molar-refractivity contribution is 5.16. The van der Waals surface area contributed by atoms with E-state index in [1.54, 1.807) is 13.1 Å². The van der Waals surface area contributed by atoms with Crippen molar-refractivity contribution in [2.45, 2.75) is 41.5 Å². The van der Waals surface area contributed by atoms with E-state index >= 15 is 0 Å². The van der Waals surface area contributed by atoms with E-state index in [1.807, 2.05) is 27.7 Å². The predicted molar refractivity (Wildman–Crippen MR) is 82.7 cm³/mol. The number of aromatic nitrogens is 1. The number of rotatable bonds is 0. The van der Waals surface area contributed by atoms with Gasteiger partial charge in [0.1, 0.15) is 5.82 Å². The van der Waals surface area contributed by atoms with Gasteiger partial charge in [0, 0.05) is 6.20 Å². The molecule has 0 aliphatic heterocycles. The van der Waals surface area contributed by atoms with Crippen molar-refractivity contribution >= 4 is 0 Å². The summed E-state index contributed by atoms with van der Waals surface area (Å²) in [6.07, 6.45) is 2.80.